The highest BCUT2D eigenvalue weighted by atomic mass is 28.4. The lowest BCUT2D eigenvalue weighted by Gasteiger charge is -2.51. The van der Waals surface area contributed by atoms with Gasteiger partial charge in [0.05, 0.1) is 18.2 Å². The molecule has 32 heavy (non-hydrogen) atoms. The Balaban J connectivity index is 1.89. The van der Waals surface area contributed by atoms with Crippen LogP contribution in [-0.4, -0.2) is 60.6 Å². The lowest BCUT2D eigenvalue weighted by atomic mass is 9.97. The fraction of sp³-hybridized carbons (Fsp3) is 0.731. The number of hydrogen-bond acceptors (Lipinski definition) is 4. The first-order valence-electron chi connectivity index (χ1n) is 12.2. The van der Waals surface area contributed by atoms with Crippen molar-refractivity contribution in [2.24, 2.45) is 0 Å². The fourth-order valence-electron chi connectivity index (χ4n) is 4.97. The summed E-state index contributed by atoms with van der Waals surface area (Å²) in [5, 5.41) is 0.142. The molecule has 4 atom stereocenters. The molecule has 1 aromatic carbocycles. The number of carbonyl (C=O) groups is 1. The number of piperazine rings is 1. The quantitative estimate of drug-likeness (QED) is 0.502. The summed E-state index contributed by atoms with van der Waals surface area (Å²) >= 11 is 0. The van der Waals surface area contributed by atoms with E-state index in [1.165, 1.54) is 5.56 Å². The Labute approximate surface area is 196 Å². The van der Waals surface area contributed by atoms with E-state index in [1.54, 1.807) is 0 Å². The second-order valence-electron chi connectivity index (χ2n) is 12.2. The topological polar surface area (TPSA) is 42.0 Å². The maximum atomic E-state index is 13.2. The van der Waals surface area contributed by atoms with Crippen molar-refractivity contribution in [3.05, 3.63) is 35.9 Å². The summed E-state index contributed by atoms with van der Waals surface area (Å²) < 4.78 is 12.7. The van der Waals surface area contributed by atoms with E-state index in [9.17, 15) is 4.79 Å². The molecule has 2 heterocycles. The van der Waals surface area contributed by atoms with Gasteiger partial charge in [0.2, 0.25) is 0 Å². The van der Waals surface area contributed by atoms with Gasteiger partial charge in [-0.15, -0.1) is 0 Å². The van der Waals surface area contributed by atoms with Crippen LogP contribution in [0.5, 0.6) is 0 Å². The second-order valence-corrected chi connectivity index (χ2v) is 16.9. The molecule has 3 rings (SSSR count). The number of rotatable bonds is 5. The van der Waals surface area contributed by atoms with E-state index in [-0.39, 0.29) is 35.4 Å². The molecule has 5 nitrogen and oxygen atoms in total. The third-order valence-corrected chi connectivity index (χ3v) is 12.0. The Bertz CT molecular complexity index is 785. The molecular weight excluding hydrogens is 416 g/mol. The Kier molecular flexibility index (Phi) is 7.19. The number of nitrogens with zero attached hydrogens (tertiary/aromatic N) is 2. The number of benzene rings is 1. The van der Waals surface area contributed by atoms with E-state index in [0.29, 0.717) is 0 Å². The maximum absolute atomic E-state index is 13.2. The average molecular weight is 461 g/mol. The summed E-state index contributed by atoms with van der Waals surface area (Å²) in [6.45, 7) is 21.3. The summed E-state index contributed by atoms with van der Waals surface area (Å²) in [6.07, 6.45) is 1.89. The van der Waals surface area contributed by atoms with E-state index in [1.807, 2.05) is 25.7 Å². The van der Waals surface area contributed by atoms with Crippen molar-refractivity contribution in [1.29, 1.82) is 0 Å². The van der Waals surface area contributed by atoms with Gasteiger partial charge in [0.1, 0.15) is 5.60 Å². The van der Waals surface area contributed by atoms with Crippen LogP contribution in [0.3, 0.4) is 0 Å². The van der Waals surface area contributed by atoms with Crippen molar-refractivity contribution >= 4 is 14.4 Å². The van der Waals surface area contributed by atoms with Crippen LogP contribution >= 0.6 is 0 Å². The summed E-state index contributed by atoms with van der Waals surface area (Å²) in [5.41, 5.74) is 0.818. The van der Waals surface area contributed by atoms with Gasteiger partial charge in [0.15, 0.2) is 8.32 Å². The van der Waals surface area contributed by atoms with Crippen molar-refractivity contribution in [2.75, 3.05) is 6.54 Å². The van der Waals surface area contributed by atoms with Crippen LogP contribution in [0.15, 0.2) is 30.3 Å². The minimum atomic E-state index is -1.95. The van der Waals surface area contributed by atoms with Gasteiger partial charge in [-0.2, -0.15) is 0 Å². The number of amides is 1. The zero-order valence-electron chi connectivity index (χ0n) is 21.6. The van der Waals surface area contributed by atoms with Gasteiger partial charge in [-0.05, 0) is 64.2 Å². The Hall–Kier alpha value is -1.37. The van der Waals surface area contributed by atoms with E-state index in [0.717, 1.165) is 25.9 Å². The third-order valence-electron chi connectivity index (χ3n) is 7.41. The molecule has 0 spiro atoms. The van der Waals surface area contributed by atoms with E-state index in [4.69, 9.17) is 9.16 Å². The largest absolute Gasteiger partial charge is 0.444 e. The number of ether oxygens (including phenoxy) is 1. The van der Waals surface area contributed by atoms with E-state index >= 15 is 0 Å². The van der Waals surface area contributed by atoms with Crippen LogP contribution in [0.2, 0.25) is 18.1 Å². The number of fused-ring (bicyclic) bond motifs is 2. The standard InChI is InChI=1S/C26H44N2O3Si/c1-19(31-32(8,9)26(5,6)7)23-22-16-15-21(28(22)24(29)30-25(2,3)4)18-27(23)17-20-13-11-10-12-14-20/h10-14,19,21-23H,15-18H2,1-9H3/t19-,21+,22-,23+/m0/s1. The Morgan fingerprint density at radius 3 is 2.28 bits per heavy atom. The molecule has 0 saturated carbocycles. The average Bonchev–Trinajstić information content (AvgIpc) is 2.94. The van der Waals surface area contributed by atoms with Crippen molar-refractivity contribution in [2.45, 2.75) is 116 Å². The van der Waals surface area contributed by atoms with Crippen molar-refractivity contribution in [1.82, 2.24) is 9.80 Å². The predicted octanol–water partition coefficient (Wildman–Crippen LogP) is 6.05. The van der Waals surface area contributed by atoms with Crippen molar-refractivity contribution in [3.8, 4) is 0 Å². The molecule has 180 valence electrons. The van der Waals surface area contributed by atoms with Crippen LogP contribution in [-0.2, 0) is 15.7 Å². The normalized spacial score (nSPS) is 25.7. The van der Waals surface area contributed by atoms with Gasteiger partial charge in [0, 0.05) is 19.1 Å². The van der Waals surface area contributed by atoms with Crippen molar-refractivity contribution < 1.29 is 14.0 Å². The SMILES string of the molecule is C[C@H](O[Si](C)(C)C(C)(C)C)[C@@H]1[C@@H]2CC[C@H](CN1Cc1ccccc1)N2C(=O)OC(C)(C)C. The lowest BCUT2D eigenvalue weighted by Crippen LogP contribution is -2.65. The molecule has 0 radical (unpaired) electrons. The highest BCUT2D eigenvalue weighted by Crippen LogP contribution is 2.42. The monoisotopic (exact) mass is 460 g/mol. The number of carbonyl (C=O) groups excluding carboxylic acids is 1. The molecule has 2 fully saturated rings. The van der Waals surface area contributed by atoms with Crippen molar-refractivity contribution in [3.63, 3.8) is 0 Å². The number of likely N-dealkylation sites (tertiary alicyclic amines) is 1. The third kappa shape index (κ3) is 5.57. The zero-order chi connectivity index (χ0) is 23.9. The first-order chi connectivity index (χ1) is 14.7. The van der Waals surface area contributed by atoms with Gasteiger partial charge in [0.25, 0.3) is 0 Å². The molecule has 2 aliphatic heterocycles. The van der Waals surface area contributed by atoms with E-state index in [2.05, 4.69) is 76.0 Å². The Morgan fingerprint density at radius 1 is 1.09 bits per heavy atom. The van der Waals surface area contributed by atoms with E-state index < -0.39 is 13.9 Å². The fourth-order valence-corrected chi connectivity index (χ4v) is 6.39. The molecule has 6 heteroatoms. The molecule has 0 unspecified atom stereocenters. The lowest BCUT2D eigenvalue weighted by molar-refractivity contribution is -0.0507. The van der Waals surface area contributed by atoms with Crippen LogP contribution in [0.25, 0.3) is 0 Å². The first-order valence-corrected chi connectivity index (χ1v) is 15.1. The first kappa shape index (κ1) is 25.3. The number of hydrogen-bond donors (Lipinski definition) is 0. The molecule has 1 aromatic rings. The predicted molar refractivity (Wildman–Crippen MR) is 133 cm³/mol. The zero-order valence-corrected chi connectivity index (χ0v) is 22.6. The second kappa shape index (κ2) is 9.11. The summed E-state index contributed by atoms with van der Waals surface area (Å²) in [7, 11) is -1.95. The van der Waals surface area contributed by atoms with Crippen LogP contribution in [0.4, 0.5) is 4.79 Å². The smallest absolute Gasteiger partial charge is 0.410 e. The minimum absolute atomic E-state index is 0.0357. The van der Waals surface area contributed by atoms with Gasteiger partial charge in [-0.3, -0.25) is 9.80 Å². The van der Waals surface area contributed by atoms with Gasteiger partial charge >= 0.3 is 6.09 Å². The van der Waals surface area contributed by atoms with Gasteiger partial charge in [-0.1, -0.05) is 51.1 Å². The molecule has 0 aliphatic carbocycles. The summed E-state index contributed by atoms with van der Waals surface area (Å²) in [5.74, 6) is 0. The molecule has 0 aromatic heterocycles. The highest BCUT2D eigenvalue weighted by molar-refractivity contribution is 6.74. The molecule has 1 amide bonds. The van der Waals surface area contributed by atoms with Gasteiger partial charge in [-0.25, -0.2) is 4.79 Å². The molecular formula is C26H44N2O3Si. The summed E-state index contributed by atoms with van der Waals surface area (Å²) in [4.78, 5) is 17.8. The molecule has 2 bridgehead atoms. The maximum Gasteiger partial charge on any atom is 0.410 e. The highest BCUT2D eigenvalue weighted by Gasteiger charge is 2.52. The molecule has 0 N–H and O–H groups in total. The summed E-state index contributed by atoms with van der Waals surface area (Å²) in [6, 6.07) is 11.1. The van der Waals surface area contributed by atoms with Crippen LogP contribution in [0.1, 0.15) is 66.9 Å². The van der Waals surface area contributed by atoms with Crippen LogP contribution in [0, 0.1) is 0 Å². The molecule has 2 saturated heterocycles. The minimum Gasteiger partial charge on any atom is -0.444 e. The van der Waals surface area contributed by atoms with Gasteiger partial charge < -0.3 is 9.16 Å². The molecule has 2 aliphatic rings. The Morgan fingerprint density at radius 2 is 1.72 bits per heavy atom. The van der Waals surface area contributed by atoms with Crippen LogP contribution < -0.4 is 0 Å².